The molecule has 3 nitrogen and oxygen atoms in total. The second-order valence-corrected chi connectivity index (χ2v) is 6.23. The maximum Gasteiger partial charge on any atom is 0.528 e. The number of rotatable bonds is 9. The summed E-state index contributed by atoms with van der Waals surface area (Å²) < 4.78 is 15.8. The summed E-state index contributed by atoms with van der Waals surface area (Å²) >= 11 is 0. The van der Waals surface area contributed by atoms with E-state index in [1.54, 1.807) is 21.3 Å². The Kier molecular flexibility index (Phi) is 8.99. The highest BCUT2D eigenvalue weighted by molar-refractivity contribution is 6.66. The molecule has 0 aromatic rings. The molecule has 15 heavy (non-hydrogen) atoms. The molecule has 90 valence electrons. The molecule has 0 amide bonds. The van der Waals surface area contributed by atoms with Crippen LogP contribution in [0.1, 0.15) is 39.0 Å². The third-order valence-corrected chi connectivity index (χ3v) is 4.75. The molecule has 0 unspecified atom stereocenters. The first kappa shape index (κ1) is 14.8. The lowest BCUT2D eigenvalue weighted by Gasteiger charge is -2.20. The van der Waals surface area contributed by atoms with Gasteiger partial charge in [0.05, 0.1) is 0 Å². The van der Waals surface area contributed by atoms with E-state index in [2.05, 4.69) is 13.0 Å². The molecule has 0 fully saturated rings. The molecule has 0 atom stereocenters. The fourth-order valence-electron chi connectivity index (χ4n) is 1.37. The van der Waals surface area contributed by atoms with Crippen molar-refractivity contribution in [2.24, 2.45) is 0 Å². The molecule has 0 aromatic heterocycles. The maximum absolute atomic E-state index is 5.27. The molecular weight excluding hydrogens is 208 g/mol. The normalized spacial score (nSPS) is 12.5. The van der Waals surface area contributed by atoms with Crippen LogP contribution in [-0.4, -0.2) is 30.1 Å². The summed E-state index contributed by atoms with van der Waals surface area (Å²) in [4.78, 5) is 0. The van der Waals surface area contributed by atoms with Gasteiger partial charge in [0.1, 0.15) is 0 Å². The Balaban J connectivity index is 3.80. The minimum atomic E-state index is -2.47. The van der Waals surface area contributed by atoms with Crippen molar-refractivity contribution in [2.75, 3.05) is 21.3 Å². The van der Waals surface area contributed by atoms with E-state index in [0.717, 1.165) is 6.42 Å². The third-order valence-electron chi connectivity index (χ3n) is 2.40. The van der Waals surface area contributed by atoms with Gasteiger partial charge in [0, 0.05) is 21.3 Å². The number of allylic oxidation sites excluding steroid dienone is 1. The summed E-state index contributed by atoms with van der Waals surface area (Å²) in [5, 5.41) is 0. The van der Waals surface area contributed by atoms with E-state index in [1.165, 1.54) is 25.7 Å². The van der Waals surface area contributed by atoms with Crippen molar-refractivity contribution in [1.29, 1.82) is 0 Å². The smallest absolute Gasteiger partial charge is 0.374 e. The molecule has 0 aromatic carbocycles. The highest BCUT2D eigenvalue weighted by Gasteiger charge is 2.33. The average molecular weight is 232 g/mol. The molecule has 0 aliphatic rings. The molecule has 0 saturated carbocycles. The van der Waals surface area contributed by atoms with E-state index in [-0.39, 0.29) is 0 Å². The number of hydrogen-bond donors (Lipinski definition) is 0. The van der Waals surface area contributed by atoms with Crippen LogP contribution < -0.4 is 0 Å². The first-order valence-corrected chi connectivity index (χ1v) is 7.38. The predicted octanol–water partition coefficient (Wildman–Crippen LogP) is 2.93. The molecule has 0 radical (unpaired) electrons. The Morgan fingerprint density at radius 1 is 0.933 bits per heavy atom. The minimum absolute atomic E-state index is 1.07. The molecule has 0 N–H and O–H groups in total. The van der Waals surface area contributed by atoms with Crippen molar-refractivity contribution in [2.45, 2.75) is 39.0 Å². The van der Waals surface area contributed by atoms with E-state index < -0.39 is 8.80 Å². The van der Waals surface area contributed by atoms with Crippen LogP contribution >= 0.6 is 0 Å². The Morgan fingerprint density at radius 3 is 2.00 bits per heavy atom. The molecule has 4 heteroatoms. The van der Waals surface area contributed by atoms with Crippen molar-refractivity contribution < 1.29 is 13.3 Å². The Labute approximate surface area is 94.8 Å². The lowest BCUT2D eigenvalue weighted by molar-refractivity contribution is 0.138. The molecule has 0 aliphatic heterocycles. The highest BCUT2D eigenvalue weighted by Crippen LogP contribution is 2.09. The van der Waals surface area contributed by atoms with E-state index in [1.807, 2.05) is 5.70 Å². The highest BCUT2D eigenvalue weighted by atomic mass is 28.4. The van der Waals surface area contributed by atoms with Crippen LogP contribution in [-0.2, 0) is 13.3 Å². The molecule has 0 rings (SSSR count). The summed E-state index contributed by atoms with van der Waals surface area (Å²) in [7, 11) is 2.41. The van der Waals surface area contributed by atoms with E-state index in [9.17, 15) is 0 Å². The van der Waals surface area contributed by atoms with Crippen LogP contribution in [0.2, 0.25) is 0 Å². The maximum atomic E-state index is 5.27. The van der Waals surface area contributed by atoms with Crippen molar-refractivity contribution >= 4 is 8.80 Å². The van der Waals surface area contributed by atoms with Gasteiger partial charge in [0.15, 0.2) is 0 Å². The Morgan fingerprint density at radius 2 is 1.53 bits per heavy atom. The quantitative estimate of drug-likeness (QED) is 0.452. The SMILES string of the molecule is CCCCCC/C=C/[Si](OC)(OC)OC. The van der Waals surface area contributed by atoms with Gasteiger partial charge in [-0.1, -0.05) is 32.3 Å². The van der Waals surface area contributed by atoms with E-state index in [4.69, 9.17) is 13.3 Å². The fraction of sp³-hybridized carbons (Fsp3) is 0.818. The summed E-state index contributed by atoms with van der Waals surface area (Å²) in [5.74, 6) is 0. The van der Waals surface area contributed by atoms with Crippen LogP contribution in [0.4, 0.5) is 0 Å². The lowest BCUT2D eigenvalue weighted by atomic mass is 10.2. The van der Waals surface area contributed by atoms with Crippen LogP contribution in [0.3, 0.4) is 0 Å². The molecular formula is C11H24O3Si. The summed E-state index contributed by atoms with van der Waals surface area (Å²) in [6, 6.07) is 0. The van der Waals surface area contributed by atoms with Crippen molar-refractivity contribution in [3.8, 4) is 0 Å². The largest absolute Gasteiger partial charge is 0.528 e. The van der Waals surface area contributed by atoms with Crippen molar-refractivity contribution in [1.82, 2.24) is 0 Å². The zero-order chi connectivity index (χ0) is 11.6. The number of unbranched alkanes of at least 4 members (excludes halogenated alkanes) is 4. The van der Waals surface area contributed by atoms with Crippen molar-refractivity contribution in [3.05, 3.63) is 11.8 Å². The average Bonchev–Trinajstić information content (AvgIpc) is 2.29. The van der Waals surface area contributed by atoms with Gasteiger partial charge >= 0.3 is 8.80 Å². The topological polar surface area (TPSA) is 27.7 Å². The van der Waals surface area contributed by atoms with Crippen molar-refractivity contribution in [3.63, 3.8) is 0 Å². The van der Waals surface area contributed by atoms with Crippen LogP contribution in [0.15, 0.2) is 11.8 Å². The van der Waals surface area contributed by atoms with E-state index in [0.29, 0.717) is 0 Å². The third kappa shape index (κ3) is 6.09. The zero-order valence-corrected chi connectivity index (χ0v) is 11.4. The summed E-state index contributed by atoms with van der Waals surface area (Å²) in [6.45, 7) is 2.22. The first-order valence-electron chi connectivity index (χ1n) is 5.57. The Bertz CT molecular complexity index is 159. The predicted molar refractivity (Wildman–Crippen MR) is 64.7 cm³/mol. The zero-order valence-electron chi connectivity index (χ0n) is 10.4. The second kappa shape index (κ2) is 9.09. The van der Waals surface area contributed by atoms with Crippen LogP contribution in [0.25, 0.3) is 0 Å². The Hall–Kier alpha value is -0.163. The van der Waals surface area contributed by atoms with Gasteiger partial charge in [-0.25, -0.2) is 0 Å². The number of hydrogen-bond acceptors (Lipinski definition) is 3. The van der Waals surface area contributed by atoms with Crippen LogP contribution in [0.5, 0.6) is 0 Å². The standard InChI is InChI=1S/C11H24O3Si/c1-5-6-7-8-9-10-11-15(12-2,13-3)14-4/h10-11H,5-9H2,1-4H3/b11-10+. The molecule has 0 heterocycles. The van der Waals surface area contributed by atoms with Gasteiger partial charge in [0.2, 0.25) is 0 Å². The monoisotopic (exact) mass is 232 g/mol. The molecule has 0 saturated heterocycles. The second-order valence-electron chi connectivity index (χ2n) is 3.47. The molecule has 0 bridgehead atoms. The van der Waals surface area contributed by atoms with Gasteiger partial charge in [-0.15, -0.1) is 0 Å². The van der Waals surface area contributed by atoms with Gasteiger partial charge in [-0.2, -0.15) is 0 Å². The van der Waals surface area contributed by atoms with Gasteiger partial charge in [-0.3, -0.25) is 0 Å². The first-order chi connectivity index (χ1) is 7.24. The lowest BCUT2D eigenvalue weighted by Crippen LogP contribution is -2.40. The van der Waals surface area contributed by atoms with Gasteiger partial charge < -0.3 is 13.3 Å². The van der Waals surface area contributed by atoms with E-state index >= 15 is 0 Å². The fourth-order valence-corrected chi connectivity index (χ4v) is 2.73. The molecule has 0 spiro atoms. The van der Waals surface area contributed by atoms with Gasteiger partial charge in [-0.05, 0) is 18.5 Å². The van der Waals surface area contributed by atoms with Gasteiger partial charge in [0.25, 0.3) is 0 Å². The summed E-state index contributed by atoms with van der Waals surface area (Å²) in [6.07, 6.45) is 8.30. The molecule has 0 aliphatic carbocycles. The minimum Gasteiger partial charge on any atom is -0.374 e. The summed E-state index contributed by atoms with van der Waals surface area (Å²) in [5.41, 5.74) is 1.96. The van der Waals surface area contributed by atoms with Crippen LogP contribution in [0, 0.1) is 0 Å².